The molecule has 0 saturated heterocycles. The highest BCUT2D eigenvalue weighted by Crippen LogP contribution is 2.28. The van der Waals surface area contributed by atoms with Gasteiger partial charge in [-0.15, -0.1) is 0 Å². The van der Waals surface area contributed by atoms with Crippen LogP contribution in [0.5, 0.6) is 0 Å². The molecule has 0 bridgehead atoms. The van der Waals surface area contributed by atoms with E-state index < -0.39 is 0 Å². The van der Waals surface area contributed by atoms with E-state index >= 15 is 0 Å². The van der Waals surface area contributed by atoms with Crippen molar-refractivity contribution in [1.82, 2.24) is 9.55 Å². The Morgan fingerprint density at radius 1 is 1.31 bits per heavy atom. The van der Waals surface area contributed by atoms with Gasteiger partial charge < -0.3 is 14.6 Å². The van der Waals surface area contributed by atoms with Crippen LogP contribution in [0.25, 0.3) is 0 Å². The Morgan fingerprint density at radius 3 is 2.69 bits per heavy atom. The summed E-state index contributed by atoms with van der Waals surface area (Å²) in [5.74, 6) is 0.674. The van der Waals surface area contributed by atoms with Gasteiger partial charge in [-0.1, -0.05) is 43.8 Å². The van der Waals surface area contributed by atoms with E-state index in [2.05, 4.69) is 34.8 Å². The van der Waals surface area contributed by atoms with Crippen molar-refractivity contribution >= 4 is 23.4 Å². The molecular weight excluding hydrogens is 346 g/mol. The number of nitrogens with zero attached hydrogens (tertiary/aromatic N) is 2. The lowest BCUT2D eigenvalue weighted by Gasteiger charge is -2.16. The Kier molecular flexibility index (Phi) is 7.29. The number of hydrogen-bond donors (Lipinski definition) is 1. The van der Waals surface area contributed by atoms with Gasteiger partial charge in [-0.05, 0) is 37.8 Å². The summed E-state index contributed by atoms with van der Waals surface area (Å²) in [6, 6.07) is 6.14. The highest BCUT2D eigenvalue weighted by Gasteiger charge is 2.15. The Bertz CT molecular complexity index is 769. The average molecular weight is 376 g/mol. The molecule has 6 heteroatoms. The minimum Gasteiger partial charge on any atom is -0.383 e. The molecule has 5 nitrogen and oxygen atoms in total. The summed E-state index contributed by atoms with van der Waals surface area (Å²) in [5, 5.41) is 3.96. The van der Waals surface area contributed by atoms with Gasteiger partial charge in [-0.3, -0.25) is 4.79 Å². The van der Waals surface area contributed by atoms with Gasteiger partial charge in [0.15, 0.2) is 5.16 Å². The number of imidazole rings is 1. The smallest absolute Gasteiger partial charge is 0.234 e. The molecule has 0 saturated carbocycles. The first kappa shape index (κ1) is 20.5. The van der Waals surface area contributed by atoms with Crippen LogP contribution < -0.4 is 5.32 Å². The molecule has 26 heavy (non-hydrogen) atoms. The normalized spacial score (nSPS) is 11.2. The van der Waals surface area contributed by atoms with Crippen molar-refractivity contribution in [1.29, 1.82) is 0 Å². The van der Waals surface area contributed by atoms with Gasteiger partial charge in [0.2, 0.25) is 5.91 Å². The zero-order valence-corrected chi connectivity index (χ0v) is 17.4. The lowest BCUT2D eigenvalue weighted by Crippen LogP contribution is -2.17. The van der Waals surface area contributed by atoms with Crippen LogP contribution in [-0.4, -0.2) is 34.9 Å². The summed E-state index contributed by atoms with van der Waals surface area (Å²) in [4.78, 5) is 17.1. The molecule has 1 aromatic carbocycles. The largest absolute Gasteiger partial charge is 0.383 e. The predicted octanol–water partition coefficient (Wildman–Crippen LogP) is 4.31. The number of ether oxygens (including phenoxy) is 1. The number of benzene rings is 1. The fraction of sp³-hybridized carbons (Fsp3) is 0.500. The molecule has 0 spiro atoms. The average Bonchev–Trinajstić information content (AvgIpc) is 2.86. The molecule has 2 rings (SSSR count). The van der Waals surface area contributed by atoms with Crippen LogP contribution in [0.1, 0.15) is 42.3 Å². The predicted molar refractivity (Wildman–Crippen MR) is 108 cm³/mol. The van der Waals surface area contributed by atoms with Crippen LogP contribution in [0, 0.1) is 20.8 Å². The highest BCUT2D eigenvalue weighted by atomic mass is 32.2. The number of aromatic nitrogens is 2. The van der Waals surface area contributed by atoms with E-state index in [9.17, 15) is 4.79 Å². The maximum atomic E-state index is 12.5. The molecule has 0 radical (unpaired) electrons. The zero-order chi connectivity index (χ0) is 19.3. The van der Waals surface area contributed by atoms with Gasteiger partial charge in [-0.2, -0.15) is 0 Å². The monoisotopic (exact) mass is 375 g/mol. The van der Waals surface area contributed by atoms with Crippen LogP contribution in [0.2, 0.25) is 0 Å². The van der Waals surface area contributed by atoms with Gasteiger partial charge in [-0.25, -0.2) is 4.98 Å². The first-order valence-corrected chi connectivity index (χ1v) is 9.88. The highest BCUT2D eigenvalue weighted by molar-refractivity contribution is 7.99. The van der Waals surface area contributed by atoms with Crippen LogP contribution in [0.3, 0.4) is 0 Å². The summed E-state index contributed by atoms with van der Waals surface area (Å²) in [6.45, 7) is 11.7. The number of aryl methyl sites for hydroxylation is 2. The molecule has 2 aromatic rings. The van der Waals surface area contributed by atoms with Gasteiger partial charge >= 0.3 is 0 Å². The Morgan fingerprint density at radius 2 is 2.04 bits per heavy atom. The SMILES string of the molecule is COCCn1c(SCC(=O)Nc2c(C)cccc2C(C)C)nc(C)c1C. The number of carbonyl (C=O) groups excluding carboxylic acids is 1. The van der Waals surface area contributed by atoms with Crippen LogP contribution in [0.4, 0.5) is 5.69 Å². The second-order valence-electron chi connectivity index (χ2n) is 6.74. The third-order valence-corrected chi connectivity index (χ3v) is 5.44. The fourth-order valence-corrected chi connectivity index (χ4v) is 3.75. The van der Waals surface area contributed by atoms with Gasteiger partial charge in [0.25, 0.3) is 0 Å². The molecule has 0 unspecified atom stereocenters. The molecule has 1 aromatic heterocycles. The minimum atomic E-state index is -0.0113. The van der Waals surface area contributed by atoms with E-state index in [0.29, 0.717) is 18.3 Å². The summed E-state index contributed by atoms with van der Waals surface area (Å²) < 4.78 is 7.30. The maximum absolute atomic E-state index is 12.5. The first-order valence-electron chi connectivity index (χ1n) is 8.90. The molecule has 0 atom stereocenters. The Balaban J connectivity index is 2.08. The van der Waals surface area contributed by atoms with E-state index in [1.807, 2.05) is 32.9 Å². The van der Waals surface area contributed by atoms with Crippen molar-refractivity contribution in [3.63, 3.8) is 0 Å². The van der Waals surface area contributed by atoms with Crippen molar-refractivity contribution in [2.75, 3.05) is 24.8 Å². The fourth-order valence-electron chi connectivity index (χ4n) is 2.83. The summed E-state index contributed by atoms with van der Waals surface area (Å²) in [6.07, 6.45) is 0. The Hall–Kier alpha value is -1.79. The van der Waals surface area contributed by atoms with Crippen LogP contribution in [-0.2, 0) is 16.1 Å². The van der Waals surface area contributed by atoms with E-state index in [1.165, 1.54) is 11.8 Å². The number of para-hydroxylation sites is 1. The molecular formula is C20H29N3O2S. The van der Waals surface area contributed by atoms with Crippen molar-refractivity contribution < 1.29 is 9.53 Å². The molecule has 0 aliphatic carbocycles. The molecule has 1 heterocycles. The second kappa shape index (κ2) is 9.24. The molecule has 0 aliphatic rings. The van der Waals surface area contributed by atoms with Gasteiger partial charge in [0.1, 0.15) is 0 Å². The second-order valence-corrected chi connectivity index (χ2v) is 7.68. The van der Waals surface area contributed by atoms with Gasteiger partial charge in [0, 0.05) is 25.0 Å². The lowest BCUT2D eigenvalue weighted by molar-refractivity contribution is -0.113. The quantitative estimate of drug-likeness (QED) is 0.699. The molecule has 1 amide bonds. The van der Waals surface area contributed by atoms with E-state index in [4.69, 9.17) is 4.74 Å². The minimum absolute atomic E-state index is 0.0113. The van der Waals surface area contributed by atoms with E-state index in [-0.39, 0.29) is 5.91 Å². The number of thioether (sulfide) groups is 1. The number of hydrogen-bond acceptors (Lipinski definition) is 4. The summed E-state index contributed by atoms with van der Waals surface area (Å²) >= 11 is 1.46. The van der Waals surface area contributed by atoms with Crippen molar-refractivity contribution in [3.8, 4) is 0 Å². The summed E-state index contributed by atoms with van der Waals surface area (Å²) in [7, 11) is 1.69. The van der Waals surface area contributed by atoms with Crippen molar-refractivity contribution in [2.45, 2.75) is 52.2 Å². The lowest BCUT2D eigenvalue weighted by atomic mass is 9.98. The number of anilines is 1. The van der Waals surface area contributed by atoms with E-state index in [1.54, 1.807) is 7.11 Å². The number of nitrogens with one attached hydrogen (secondary N) is 1. The number of carbonyl (C=O) groups is 1. The Labute approximate surface area is 160 Å². The van der Waals surface area contributed by atoms with Crippen molar-refractivity contribution in [3.05, 3.63) is 40.7 Å². The molecule has 1 N–H and O–H groups in total. The van der Waals surface area contributed by atoms with Gasteiger partial charge in [0.05, 0.1) is 18.1 Å². The number of amides is 1. The van der Waals surface area contributed by atoms with E-state index in [0.717, 1.165) is 39.9 Å². The number of rotatable bonds is 8. The first-order chi connectivity index (χ1) is 12.3. The molecule has 0 fully saturated rings. The number of methoxy groups -OCH3 is 1. The molecule has 142 valence electrons. The maximum Gasteiger partial charge on any atom is 0.234 e. The standard InChI is InChI=1S/C20H29N3O2S/c1-13(2)17-9-7-8-14(3)19(17)22-18(24)12-26-20-21-15(4)16(5)23(20)10-11-25-6/h7-9,13H,10-12H2,1-6H3,(H,22,24). The zero-order valence-electron chi connectivity index (χ0n) is 16.5. The molecule has 0 aliphatic heterocycles. The van der Waals surface area contributed by atoms with Crippen LogP contribution in [0.15, 0.2) is 23.4 Å². The topological polar surface area (TPSA) is 56.1 Å². The third kappa shape index (κ3) is 4.89. The summed E-state index contributed by atoms with van der Waals surface area (Å²) in [5.41, 5.74) is 5.29. The third-order valence-electron chi connectivity index (χ3n) is 4.47. The van der Waals surface area contributed by atoms with Crippen LogP contribution >= 0.6 is 11.8 Å². The van der Waals surface area contributed by atoms with Crippen molar-refractivity contribution in [2.24, 2.45) is 0 Å².